The minimum Gasteiger partial charge on any atom is -0.387 e. The van der Waals surface area contributed by atoms with E-state index in [9.17, 15) is 5.11 Å². The summed E-state index contributed by atoms with van der Waals surface area (Å²) in [4.78, 5) is 2.12. The molecule has 0 radical (unpaired) electrons. The predicted octanol–water partition coefficient (Wildman–Crippen LogP) is 4.09. The van der Waals surface area contributed by atoms with E-state index in [4.69, 9.17) is 0 Å². The Morgan fingerprint density at radius 2 is 1.48 bits per heavy atom. The molecule has 0 spiro atoms. The molecule has 0 saturated carbocycles. The number of likely N-dealkylation sites (N-methyl/N-ethyl adjacent to an activating group) is 1. The first-order valence-electron chi connectivity index (χ1n) is 7.42. The third-order valence-electron chi connectivity index (χ3n) is 3.99. The lowest BCUT2D eigenvalue weighted by atomic mass is 10.0. The summed E-state index contributed by atoms with van der Waals surface area (Å²) in [6.07, 6.45) is -0.476. The second-order valence-electron chi connectivity index (χ2n) is 6.05. The Morgan fingerprint density at radius 1 is 0.905 bits per heavy atom. The molecule has 0 fully saturated rings. The molecule has 0 amide bonds. The van der Waals surface area contributed by atoms with Crippen LogP contribution in [0.5, 0.6) is 0 Å². The Morgan fingerprint density at radius 3 is 2.05 bits per heavy atom. The number of hydrogen-bond donors (Lipinski definition) is 1. The smallest absolute Gasteiger partial charge is 0.0967 e. The maximum Gasteiger partial charge on any atom is 0.0967 e. The Labute approximate surface area is 128 Å². The average Bonchev–Trinajstić information content (AvgIpc) is 2.37. The highest BCUT2D eigenvalue weighted by Gasteiger charge is 2.14. The first-order valence-corrected chi connectivity index (χ1v) is 7.42. The van der Waals surface area contributed by atoms with Crippen LogP contribution in [0.4, 0.5) is 5.69 Å². The van der Waals surface area contributed by atoms with Crippen molar-refractivity contribution in [2.45, 2.75) is 33.8 Å². The van der Waals surface area contributed by atoms with Crippen LogP contribution >= 0.6 is 0 Å². The molecule has 0 heterocycles. The number of hydrogen-bond acceptors (Lipinski definition) is 2. The summed E-state index contributed by atoms with van der Waals surface area (Å²) in [5, 5.41) is 10.5. The SMILES string of the molecule is Cc1ccc(C(O)CN(C)c2ccc(C)cc2C)c(C)c1. The molecule has 0 aromatic heterocycles. The van der Waals surface area contributed by atoms with Gasteiger partial charge in [-0.1, -0.05) is 41.5 Å². The molecule has 2 aromatic rings. The van der Waals surface area contributed by atoms with E-state index in [1.807, 2.05) is 13.1 Å². The van der Waals surface area contributed by atoms with Crippen LogP contribution in [0.2, 0.25) is 0 Å². The molecule has 1 N–H and O–H groups in total. The molecule has 0 aliphatic rings. The number of benzene rings is 2. The van der Waals surface area contributed by atoms with Crippen molar-refractivity contribution in [1.29, 1.82) is 0 Å². The Kier molecular flexibility index (Phi) is 4.69. The molecule has 2 heteroatoms. The van der Waals surface area contributed by atoms with Crippen LogP contribution in [-0.2, 0) is 0 Å². The van der Waals surface area contributed by atoms with Gasteiger partial charge in [-0.3, -0.25) is 0 Å². The minimum atomic E-state index is -0.476. The fourth-order valence-corrected chi connectivity index (χ4v) is 2.89. The van der Waals surface area contributed by atoms with Crippen molar-refractivity contribution in [3.05, 3.63) is 64.2 Å². The van der Waals surface area contributed by atoms with Gasteiger partial charge in [-0.2, -0.15) is 0 Å². The lowest BCUT2D eigenvalue weighted by Crippen LogP contribution is -2.25. The summed E-state index contributed by atoms with van der Waals surface area (Å²) >= 11 is 0. The molecule has 1 atom stereocenters. The molecule has 0 aliphatic carbocycles. The number of rotatable bonds is 4. The molecule has 0 bridgehead atoms. The van der Waals surface area contributed by atoms with E-state index in [1.54, 1.807) is 0 Å². The van der Waals surface area contributed by atoms with Crippen molar-refractivity contribution in [3.8, 4) is 0 Å². The van der Waals surface area contributed by atoms with Crippen LogP contribution in [0, 0.1) is 27.7 Å². The van der Waals surface area contributed by atoms with Gasteiger partial charge in [0.1, 0.15) is 0 Å². The van der Waals surface area contributed by atoms with Gasteiger partial charge in [0.15, 0.2) is 0 Å². The third kappa shape index (κ3) is 3.64. The lowest BCUT2D eigenvalue weighted by molar-refractivity contribution is 0.184. The van der Waals surface area contributed by atoms with Crippen molar-refractivity contribution >= 4 is 5.69 Å². The highest BCUT2D eigenvalue weighted by Crippen LogP contribution is 2.24. The molecular weight excluding hydrogens is 258 g/mol. The molecule has 112 valence electrons. The zero-order valence-electron chi connectivity index (χ0n) is 13.6. The van der Waals surface area contributed by atoms with Crippen molar-refractivity contribution in [3.63, 3.8) is 0 Å². The number of aryl methyl sites for hydroxylation is 4. The normalized spacial score (nSPS) is 12.3. The monoisotopic (exact) mass is 283 g/mol. The van der Waals surface area contributed by atoms with Gasteiger partial charge < -0.3 is 10.0 Å². The van der Waals surface area contributed by atoms with E-state index in [0.29, 0.717) is 6.54 Å². The summed E-state index contributed by atoms with van der Waals surface area (Å²) in [6.45, 7) is 8.94. The van der Waals surface area contributed by atoms with E-state index < -0.39 is 6.10 Å². The van der Waals surface area contributed by atoms with Crippen molar-refractivity contribution in [2.24, 2.45) is 0 Å². The summed E-state index contributed by atoms with van der Waals surface area (Å²) in [6, 6.07) is 12.6. The van der Waals surface area contributed by atoms with Crippen LogP contribution in [0.25, 0.3) is 0 Å². The summed E-state index contributed by atoms with van der Waals surface area (Å²) in [5.41, 5.74) is 7.06. The quantitative estimate of drug-likeness (QED) is 0.913. The summed E-state index contributed by atoms with van der Waals surface area (Å²) in [7, 11) is 2.03. The van der Waals surface area contributed by atoms with Gasteiger partial charge in [-0.25, -0.2) is 0 Å². The molecule has 21 heavy (non-hydrogen) atoms. The van der Waals surface area contributed by atoms with Crippen molar-refractivity contribution in [1.82, 2.24) is 0 Å². The Bertz CT molecular complexity index is 578. The number of anilines is 1. The maximum atomic E-state index is 10.5. The number of aliphatic hydroxyl groups is 1. The third-order valence-corrected chi connectivity index (χ3v) is 3.99. The lowest BCUT2D eigenvalue weighted by Gasteiger charge is -2.25. The first-order chi connectivity index (χ1) is 9.88. The fraction of sp³-hybridized carbons (Fsp3) is 0.368. The first kappa shape index (κ1) is 15.6. The highest BCUT2D eigenvalue weighted by atomic mass is 16.3. The van der Waals surface area contributed by atoms with Crippen molar-refractivity contribution < 1.29 is 5.11 Å². The second-order valence-corrected chi connectivity index (χ2v) is 6.05. The molecule has 2 rings (SSSR count). The summed E-state index contributed by atoms with van der Waals surface area (Å²) < 4.78 is 0. The van der Waals surface area contributed by atoms with E-state index in [0.717, 1.165) is 11.1 Å². The molecule has 0 aliphatic heterocycles. The van der Waals surface area contributed by atoms with E-state index >= 15 is 0 Å². The minimum absolute atomic E-state index is 0.476. The van der Waals surface area contributed by atoms with Crippen LogP contribution in [0.3, 0.4) is 0 Å². The number of nitrogens with zero attached hydrogens (tertiary/aromatic N) is 1. The van der Waals surface area contributed by atoms with Crippen LogP contribution in [0.15, 0.2) is 36.4 Å². The van der Waals surface area contributed by atoms with Gasteiger partial charge >= 0.3 is 0 Å². The van der Waals surface area contributed by atoms with E-state index in [2.05, 4.69) is 62.9 Å². The molecule has 2 nitrogen and oxygen atoms in total. The van der Waals surface area contributed by atoms with Gasteiger partial charge in [0, 0.05) is 19.3 Å². The topological polar surface area (TPSA) is 23.5 Å². The van der Waals surface area contributed by atoms with Gasteiger partial charge in [0.05, 0.1) is 6.10 Å². The Balaban J connectivity index is 2.16. The molecule has 1 unspecified atom stereocenters. The Hall–Kier alpha value is -1.80. The van der Waals surface area contributed by atoms with Crippen LogP contribution in [0.1, 0.15) is 33.9 Å². The standard InChI is InChI=1S/C19H25NO/c1-13-6-8-17(15(3)10-13)19(21)12-20(5)18-9-7-14(2)11-16(18)4/h6-11,19,21H,12H2,1-5H3. The zero-order chi connectivity index (χ0) is 15.6. The summed E-state index contributed by atoms with van der Waals surface area (Å²) in [5.74, 6) is 0. The average molecular weight is 283 g/mol. The predicted molar refractivity (Wildman–Crippen MR) is 90.1 cm³/mol. The van der Waals surface area contributed by atoms with Gasteiger partial charge in [0.2, 0.25) is 0 Å². The second kappa shape index (κ2) is 6.31. The van der Waals surface area contributed by atoms with Crippen LogP contribution in [-0.4, -0.2) is 18.7 Å². The van der Waals surface area contributed by atoms with Gasteiger partial charge in [0.25, 0.3) is 0 Å². The van der Waals surface area contributed by atoms with Gasteiger partial charge in [-0.05, 0) is 50.5 Å². The molecule has 2 aromatic carbocycles. The zero-order valence-corrected chi connectivity index (χ0v) is 13.6. The van der Waals surface area contributed by atoms with Crippen molar-refractivity contribution in [2.75, 3.05) is 18.5 Å². The maximum absolute atomic E-state index is 10.5. The molecule has 0 saturated heterocycles. The molecular formula is C19H25NO. The van der Waals surface area contributed by atoms with Crippen LogP contribution < -0.4 is 4.90 Å². The number of aliphatic hydroxyl groups excluding tert-OH is 1. The van der Waals surface area contributed by atoms with E-state index in [1.165, 1.54) is 22.4 Å². The van der Waals surface area contributed by atoms with E-state index in [-0.39, 0.29) is 0 Å². The highest BCUT2D eigenvalue weighted by molar-refractivity contribution is 5.54. The largest absolute Gasteiger partial charge is 0.387 e. The van der Waals surface area contributed by atoms with Gasteiger partial charge in [-0.15, -0.1) is 0 Å². The fourth-order valence-electron chi connectivity index (χ4n) is 2.89.